The van der Waals surface area contributed by atoms with Crippen LogP contribution in [0.3, 0.4) is 0 Å². The summed E-state index contributed by atoms with van der Waals surface area (Å²) in [6, 6.07) is 9.39. The standard InChI is InChI=1S/C15H20N2O3/c1-4-20-15(19)11(2)12(3)16-17-14(18)10-13-8-6-5-7-9-13/h5-9,11H,4,10H2,1-3H3,(H,17,18)/t11-/m0/s1. The summed E-state index contributed by atoms with van der Waals surface area (Å²) in [4.78, 5) is 23.2. The molecule has 1 aromatic rings. The quantitative estimate of drug-likeness (QED) is 0.490. The molecule has 0 radical (unpaired) electrons. The van der Waals surface area contributed by atoms with Crippen molar-refractivity contribution in [1.82, 2.24) is 5.43 Å². The fourth-order valence-corrected chi connectivity index (χ4v) is 1.51. The molecular weight excluding hydrogens is 256 g/mol. The number of ether oxygens (including phenoxy) is 1. The van der Waals surface area contributed by atoms with Gasteiger partial charge in [-0.2, -0.15) is 5.10 Å². The van der Waals surface area contributed by atoms with Crippen molar-refractivity contribution in [1.29, 1.82) is 0 Å². The van der Waals surface area contributed by atoms with Gasteiger partial charge in [0.25, 0.3) is 0 Å². The second-order valence-electron chi connectivity index (χ2n) is 4.42. The smallest absolute Gasteiger partial charge is 0.314 e. The molecule has 0 aromatic heterocycles. The van der Waals surface area contributed by atoms with Gasteiger partial charge in [-0.15, -0.1) is 0 Å². The molecule has 1 rings (SSSR count). The van der Waals surface area contributed by atoms with Crippen LogP contribution in [-0.2, 0) is 20.7 Å². The van der Waals surface area contributed by atoms with E-state index >= 15 is 0 Å². The van der Waals surface area contributed by atoms with E-state index in [4.69, 9.17) is 4.74 Å². The lowest BCUT2D eigenvalue weighted by atomic mass is 10.1. The Morgan fingerprint density at radius 3 is 2.55 bits per heavy atom. The number of hydrogen-bond acceptors (Lipinski definition) is 4. The summed E-state index contributed by atoms with van der Waals surface area (Å²) >= 11 is 0. The summed E-state index contributed by atoms with van der Waals surface area (Å²) < 4.78 is 4.89. The molecule has 0 spiro atoms. The average Bonchev–Trinajstić information content (AvgIpc) is 2.45. The lowest BCUT2D eigenvalue weighted by molar-refractivity contribution is -0.145. The topological polar surface area (TPSA) is 67.8 Å². The Balaban J connectivity index is 2.50. The molecule has 0 fully saturated rings. The number of nitrogens with zero attached hydrogens (tertiary/aromatic N) is 1. The van der Waals surface area contributed by atoms with Crippen LogP contribution in [0, 0.1) is 5.92 Å². The van der Waals surface area contributed by atoms with Gasteiger partial charge < -0.3 is 4.74 Å². The van der Waals surface area contributed by atoms with Gasteiger partial charge in [-0.3, -0.25) is 9.59 Å². The Morgan fingerprint density at radius 1 is 1.30 bits per heavy atom. The van der Waals surface area contributed by atoms with E-state index in [-0.39, 0.29) is 18.3 Å². The number of nitrogens with one attached hydrogen (secondary N) is 1. The van der Waals surface area contributed by atoms with Gasteiger partial charge in [0.2, 0.25) is 5.91 Å². The Kier molecular flexibility index (Phi) is 6.43. The van der Waals surface area contributed by atoms with Crippen LogP contribution in [0.25, 0.3) is 0 Å². The molecule has 5 heteroatoms. The van der Waals surface area contributed by atoms with E-state index in [0.717, 1.165) is 5.56 Å². The van der Waals surface area contributed by atoms with Gasteiger partial charge in [-0.1, -0.05) is 30.3 Å². The van der Waals surface area contributed by atoms with Crippen LogP contribution in [0.4, 0.5) is 0 Å². The van der Waals surface area contributed by atoms with Gasteiger partial charge in [0.15, 0.2) is 0 Å². The number of benzene rings is 1. The zero-order chi connectivity index (χ0) is 15.0. The highest BCUT2D eigenvalue weighted by molar-refractivity contribution is 6.00. The Bertz CT molecular complexity index is 483. The molecule has 0 heterocycles. The second-order valence-corrected chi connectivity index (χ2v) is 4.42. The maximum Gasteiger partial charge on any atom is 0.314 e. The van der Waals surface area contributed by atoms with Crippen LogP contribution in [0.1, 0.15) is 26.3 Å². The van der Waals surface area contributed by atoms with Crippen molar-refractivity contribution < 1.29 is 14.3 Å². The number of amides is 1. The average molecular weight is 276 g/mol. The molecule has 1 amide bonds. The Labute approximate surface area is 119 Å². The number of hydrogen-bond donors (Lipinski definition) is 1. The Hall–Kier alpha value is -2.17. The molecule has 1 N–H and O–H groups in total. The fourth-order valence-electron chi connectivity index (χ4n) is 1.51. The first-order valence-electron chi connectivity index (χ1n) is 6.58. The Morgan fingerprint density at radius 2 is 1.95 bits per heavy atom. The minimum absolute atomic E-state index is 0.216. The van der Waals surface area contributed by atoms with Crippen molar-refractivity contribution in [2.45, 2.75) is 27.2 Å². The molecular formula is C15H20N2O3. The third kappa shape index (κ3) is 5.22. The van der Waals surface area contributed by atoms with Gasteiger partial charge in [0.05, 0.1) is 18.9 Å². The minimum Gasteiger partial charge on any atom is -0.465 e. The third-order valence-electron chi connectivity index (χ3n) is 2.83. The van der Waals surface area contributed by atoms with E-state index in [1.165, 1.54) is 0 Å². The van der Waals surface area contributed by atoms with Crippen molar-refractivity contribution in [3.8, 4) is 0 Å². The molecule has 0 aliphatic rings. The highest BCUT2D eigenvalue weighted by atomic mass is 16.5. The van der Waals surface area contributed by atoms with Gasteiger partial charge in [0, 0.05) is 5.71 Å². The molecule has 0 aliphatic heterocycles. The second kappa shape index (κ2) is 8.09. The van der Waals surface area contributed by atoms with Crippen molar-refractivity contribution in [2.24, 2.45) is 11.0 Å². The summed E-state index contributed by atoms with van der Waals surface area (Å²) in [6.45, 7) is 5.46. The first-order chi connectivity index (χ1) is 9.54. The van der Waals surface area contributed by atoms with Crippen LogP contribution >= 0.6 is 0 Å². The van der Waals surface area contributed by atoms with E-state index in [1.54, 1.807) is 20.8 Å². The summed E-state index contributed by atoms with van der Waals surface area (Å²) in [7, 11) is 0. The first kappa shape index (κ1) is 15.9. The lowest BCUT2D eigenvalue weighted by Crippen LogP contribution is -2.26. The van der Waals surface area contributed by atoms with Gasteiger partial charge >= 0.3 is 5.97 Å². The third-order valence-corrected chi connectivity index (χ3v) is 2.83. The van der Waals surface area contributed by atoms with Gasteiger partial charge in [0.1, 0.15) is 0 Å². The zero-order valence-electron chi connectivity index (χ0n) is 12.1. The number of carbonyl (C=O) groups excluding carboxylic acids is 2. The SMILES string of the molecule is CCOC(=O)[C@@H](C)C(C)=NNC(=O)Cc1ccccc1. The molecule has 0 unspecified atom stereocenters. The molecule has 0 bridgehead atoms. The summed E-state index contributed by atoms with van der Waals surface area (Å²) in [5.41, 5.74) is 3.88. The fraction of sp³-hybridized carbons (Fsp3) is 0.400. The maximum absolute atomic E-state index is 11.7. The van der Waals surface area contributed by atoms with Crippen molar-refractivity contribution >= 4 is 17.6 Å². The van der Waals surface area contributed by atoms with E-state index in [9.17, 15) is 9.59 Å². The van der Waals surface area contributed by atoms with E-state index in [2.05, 4.69) is 10.5 Å². The van der Waals surface area contributed by atoms with E-state index < -0.39 is 5.92 Å². The highest BCUT2D eigenvalue weighted by Crippen LogP contribution is 2.02. The molecule has 0 saturated heterocycles. The van der Waals surface area contributed by atoms with E-state index in [1.807, 2.05) is 30.3 Å². The molecule has 1 aromatic carbocycles. The van der Waals surface area contributed by atoms with Crippen LogP contribution < -0.4 is 5.43 Å². The number of rotatable bonds is 6. The monoisotopic (exact) mass is 276 g/mol. The lowest BCUT2D eigenvalue weighted by Gasteiger charge is -2.10. The predicted octanol–water partition coefficient (Wildman–Crippen LogP) is 1.92. The summed E-state index contributed by atoms with van der Waals surface area (Å²) in [6.07, 6.45) is 0.255. The largest absolute Gasteiger partial charge is 0.465 e. The number of hydrazone groups is 1. The van der Waals surface area contributed by atoms with Crippen molar-refractivity contribution in [2.75, 3.05) is 6.61 Å². The van der Waals surface area contributed by atoms with Crippen LogP contribution in [0.5, 0.6) is 0 Å². The normalized spacial score (nSPS) is 12.7. The minimum atomic E-state index is -0.466. The van der Waals surface area contributed by atoms with Crippen LogP contribution in [0.15, 0.2) is 35.4 Å². The zero-order valence-corrected chi connectivity index (χ0v) is 12.1. The molecule has 1 atom stereocenters. The molecule has 108 valence electrons. The number of esters is 1. The van der Waals surface area contributed by atoms with E-state index in [0.29, 0.717) is 12.3 Å². The summed E-state index contributed by atoms with van der Waals surface area (Å²) in [5, 5.41) is 3.94. The van der Waals surface area contributed by atoms with Crippen molar-refractivity contribution in [3.05, 3.63) is 35.9 Å². The van der Waals surface area contributed by atoms with Gasteiger partial charge in [-0.25, -0.2) is 5.43 Å². The van der Waals surface area contributed by atoms with Crippen LogP contribution in [0.2, 0.25) is 0 Å². The molecule has 20 heavy (non-hydrogen) atoms. The van der Waals surface area contributed by atoms with Gasteiger partial charge in [-0.05, 0) is 26.3 Å². The predicted molar refractivity (Wildman–Crippen MR) is 77.2 cm³/mol. The van der Waals surface area contributed by atoms with Crippen LogP contribution in [-0.4, -0.2) is 24.2 Å². The molecule has 0 saturated carbocycles. The summed E-state index contributed by atoms with van der Waals surface area (Å²) in [5.74, 6) is -1.02. The molecule has 0 aliphatic carbocycles. The maximum atomic E-state index is 11.7. The molecule has 5 nitrogen and oxygen atoms in total. The number of carbonyl (C=O) groups is 2. The highest BCUT2D eigenvalue weighted by Gasteiger charge is 2.17. The van der Waals surface area contributed by atoms with Crippen molar-refractivity contribution in [3.63, 3.8) is 0 Å². The first-order valence-corrected chi connectivity index (χ1v) is 6.58.